The van der Waals surface area contributed by atoms with Gasteiger partial charge in [0, 0.05) is 23.1 Å². The summed E-state index contributed by atoms with van der Waals surface area (Å²) in [5.41, 5.74) is 1.18. The summed E-state index contributed by atoms with van der Waals surface area (Å²) in [5, 5.41) is 11.4. The highest BCUT2D eigenvalue weighted by molar-refractivity contribution is 5.94. The Balaban J connectivity index is 2.57. The lowest BCUT2D eigenvalue weighted by molar-refractivity contribution is -0.384. The third-order valence-corrected chi connectivity index (χ3v) is 2.75. The molecule has 1 aromatic heterocycles. The van der Waals surface area contributed by atoms with Gasteiger partial charge in [0.05, 0.1) is 11.5 Å². The monoisotopic (exact) mass is 263 g/mol. The van der Waals surface area contributed by atoms with Crippen molar-refractivity contribution in [2.24, 2.45) is 0 Å². The maximum absolute atomic E-state index is 11.6. The van der Waals surface area contributed by atoms with E-state index in [1.54, 1.807) is 6.92 Å². The molecule has 0 amide bonds. The third kappa shape index (κ3) is 2.42. The average molecular weight is 263 g/mol. The normalized spacial score (nSPS) is 10.6. The number of benzene rings is 1. The summed E-state index contributed by atoms with van der Waals surface area (Å²) in [4.78, 5) is 22.0. The van der Waals surface area contributed by atoms with Gasteiger partial charge >= 0.3 is 5.97 Å². The summed E-state index contributed by atoms with van der Waals surface area (Å²) >= 11 is 0. The number of esters is 1. The van der Waals surface area contributed by atoms with Crippen LogP contribution in [0.15, 0.2) is 22.6 Å². The Morgan fingerprint density at radius 3 is 2.68 bits per heavy atom. The average Bonchev–Trinajstić information content (AvgIpc) is 2.81. The lowest BCUT2D eigenvalue weighted by Gasteiger charge is -1.99. The minimum atomic E-state index is -0.566. The molecule has 0 aliphatic carbocycles. The molecule has 19 heavy (non-hydrogen) atoms. The predicted octanol–water partition coefficient (Wildman–Crippen LogP) is 3.08. The zero-order chi connectivity index (χ0) is 14.0. The van der Waals surface area contributed by atoms with Gasteiger partial charge in [-0.05, 0) is 19.4 Å². The number of rotatable bonds is 4. The molecular formula is C13H13NO5. The maximum atomic E-state index is 11.6. The first-order chi connectivity index (χ1) is 9.06. The summed E-state index contributed by atoms with van der Waals surface area (Å²) in [6.45, 7) is 3.81. The van der Waals surface area contributed by atoms with E-state index in [-0.39, 0.29) is 18.1 Å². The SMILES string of the molecule is CCOC(=O)c1cc2cc([N+](=O)[O-])cc(CC)c2o1. The lowest BCUT2D eigenvalue weighted by Crippen LogP contribution is -2.02. The van der Waals surface area contributed by atoms with E-state index in [9.17, 15) is 14.9 Å². The zero-order valence-corrected chi connectivity index (χ0v) is 10.6. The van der Waals surface area contributed by atoms with E-state index in [1.807, 2.05) is 6.92 Å². The highest BCUT2D eigenvalue weighted by Crippen LogP contribution is 2.29. The number of hydrogen-bond acceptors (Lipinski definition) is 5. The van der Waals surface area contributed by atoms with Gasteiger partial charge in [0.1, 0.15) is 5.58 Å². The van der Waals surface area contributed by atoms with Gasteiger partial charge in [-0.3, -0.25) is 10.1 Å². The number of nitro groups is 1. The standard InChI is InChI=1S/C13H13NO5/c1-3-8-5-10(14(16)17)6-9-7-11(19-12(8)9)13(15)18-4-2/h5-7H,3-4H2,1-2H3. The summed E-state index contributed by atoms with van der Waals surface area (Å²) in [5.74, 6) is -0.504. The van der Waals surface area contributed by atoms with E-state index in [0.29, 0.717) is 23.0 Å². The lowest BCUT2D eigenvalue weighted by atomic mass is 10.1. The molecule has 1 aromatic carbocycles. The number of hydrogen-bond donors (Lipinski definition) is 0. The Bertz CT molecular complexity index is 644. The Labute approximate surface area is 109 Å². The zero-order valence-electron chi connectivity index (χ0n) is 10.6. The van der Waals surface area contributed by atoms with Gasteiger partial charge in [-0.1, -0.05) is 6.92 Å². The first-order valence-corrected chi connectivity index (χ1v) is 5.94. The van der Waals surface area contributed by atoms with Crippen LogP contribution in [0.25, 0.3) is 11.0 Å². The minimum Gasteiger partial charge on any atom is -0.460 e. The second-order valence-electron chi connectivity index (χ2n) is 3.97. The first-order valence-electron chi connectivity index (χ1n) is 5.94. The third-order valence-electron chi connectivity index (χ3n) is 2.75. The van der Waals surface area contributed by atoms with Crippen LogP contribution in [-0.4, -0.2) is 17.5 Å². The Kier molecular flexibility index (Phi) is 3.50. The van der Waals surface area contributed by atoms with Crippen LogP contribution in [0.5, 0.6) is 0 Å². The van der Waals surface area contributed by atoms with E-state index >= 15 is 0 Å². The molecule has 2 rings (SSSR count). The summed E-state index contributed by atoms with van der Waals surface area (Å²) in [7, 11) is 0. The van der Waals surface area contributed by atoms with Gasteiger partial charge in [-0.15, -0.1) is 0 Å². The molecule has 6 heteroatoms. The van der Waals surface area contributed by atoms with Crippen molar-refractivity contribution in [2.45, 2.75) is 20.3 Å². The number of nitro benzene ring substituents is 1. The van der Waals surface area contributed by atoms with Crippen LogP contribution in [0.3, 0.4) is 0 Å². The second kappa shape index (κ2) is 5.09. The number of ether oxygens (including phenoxy) is 1. The van der Waals surface area contributed by atoms with E-state index in [1.165, 1.54) is 18.2 Å². The molecule has 0 fully saturated rings. The van der Waals surface area contributed by atoms with Crippen LogP contribution < -0.4 is 0 Å². The molecule has 0 N–H and O–H groups in total. The number of carbonyl (C=O) groups excluding carboxylic acids is 1. The quantitative estimate of drug-likeness (QED) is 0.481. The van der Waals surface area contributed by atoms with E-state index in [2.05, 4.69) is 0 Å². The largest absolute Gasteiger partial charge is 0.460 e. The van der Waals surface area contributed by atoms with Gasteiger partial charge in [-0.25, -0.2) is 4.79 Å². The predicted molar refractivity (Wildman–Crippen MR) is 68.2 cm³/mol. The van der Waals surface area contributed by atoms with Crippen LogP contribution in [-0.2, 0) is 11.2 Å². The fraction of sp³-hybridized carbons (Fsp3) is 0.308. The Hall–Kier alpha value is -2.37. The van der Waals surface area contributed by atoms with Crippen molar-refractivity contribution >= 4 is 22.6 Å². The number of aryl methyl sites for hydroxylation is 1. The van der Waals surface area contributed by atoms with Crippen molar-refractivity contribution in [1.82, 2.24) is 0 Å². The van der Waals surface area contributed by atoms with Gasteiger partial charge in [-0.2, -0.15) is 0 Å². The number of non-ortho nitro benzene ring substituents is 1. The molecule has 0 atom stereocenters. The van der Waals surface area contributed by atoms with Crippen molar-refractivity contribution in [3.05, 3.63) is 39.6 Å². The fourth-order valence-corrected chi connectivity index (χ4v) is 1.88. The number of fused-ring (bicyclic) bond motifs is 1. The van der Waals surface area contributed by atoms with Crippen LogP contribution in [0.1, 0.15) is 30.0 Å². The Morgan fingerprint density at radius 1 is 1.37 bits per heavy atom. The maximum Gasteiger partial charge on any atom is 0.374 e. The van der Waals surface area contributed by atoms with Crippen molar-refractivity contribution in [3.8, 4) is 0 Å². The van der Waals surface area contributed by atoms with E-state index in [0.717, 1.165) is 0 Å². The Morgan fingerprint density at radius 2 is 2.11 bits per heavy atom. The van der Waals surface area contributed by atoms with E-state index < -0.39 is 10.9 Å². The molecule has 0 saturated heterocycles. The molecule has 0 unspecified atom stereocenters. The van der Waals surface area contributed by atoms with Crippen LogP contribution >= 0.6 is 0 Å². The van der Waals surface area contributed by atoms with Gasteiger partial charge in [0.25, 0.3) is 5.69 Å². The molecule has 0 radical (unpaired) electrons. The van der Waals surface area contributed by atoms with Crippen molar-refractivity contribution in [1.29, 1.82) is 0 Å². The van der Waals surface area contributed by atoms with Gasteiger partial charge in [0.15, 0.2) is 0 Å². The molecule has 0 spiro atoms. The number of carbonyl (C=O) groups is 1. The topological polar surface area (TPSA) is 82.6 Å². The first kappa shape index (κ1) is 13.1. The minimum absolute atomic E-state index is 0.0134. The summed E-state index contributed by atoms with van der Waals surface area (Å²) in [6, 6.07) is 4.32. The molecule has 2 aromatic rings. The van der Waals surface area contributed by atoms with Crippen LogP contribution in [0.4, 0.5) is 5.69 Å². The summed E-state index contributed by atoms with van der Waals surface area (Å²) in [6.07, 6.45) is 0.577. The molecule has 0 bridgehead atoms. The molecule has 0 aliphatic rings. The van der Waals surface area contributed by atoms with Gasteiger partial charge < -0.3 is 9.15 Å². The van der Waals surface area contributed by atoms with Crippen molar-refractivity contribution < 1.29 is 18.9 Å². The van der Waals surface area contributed by atoms with E-state index in [4.69, 9.17) is 9.15 Å². The molecular weight excluding hydrogens is 250 g/mol. The van der Waals surface area contributed by atoms with Crippen molar-refractivity contribution in [2.75, 3.05) is 6.61 Å². The molecule has 1 heterocycles. The second-order valence-corrected chi connectivity index (χ2v) is 3.97. The fourth-order valence-electron chi connectivity index (χ4n) is 1.88. The molecule has 0 aliphatic heterocycles. The number of nitrogens with zero attached hydrogens (tertiary/aromatic N) is 1. The van der Waals surface area contributed by atoms with Crippen molar-refractivity contribution in [3.63, 3.8) is 0 Å². The summed E-state index contributed by atoms with van der Waals surface area (Å²) < 4.78 is 10.3. The smallest absolute Gasteiger partial charge is 0.374 e. The molecule has 6 nitrogen and oxygen atoms in total. The van der Waals surface area contributed by atoms with Crippen LogP contribution in [0.2, 0.25) is 0 Å². The highest BCUT2D eigenvalue weighted by atomic mass is 16.6. The number of furan rings is 1. The molecule has 100 valence electrons. The highest BCUT2D eigenvalue weighted by Gasteiger charge is 2.18. The molecule has 0 saturated carbocycles. The van der Waals surface area contributed by atoms with Gasteiger partial charge in [0.2, 0.25) is 5.76 Å². The van der Waals surface area contributed by atoms with Crippen LogP contribution in [0, 0.1) is 10.1 Å².